The lowest BCUT2D eigenvalue weighted by Crippen LogP contribution is -2.32. The Morgan fingerprint density at radius 2 is 2.33 bits per heavy atom. The van der Waals surface area contributed by atoms with Gasteiger partial charge in [0.2, 0.25) is 0 Å². The summed E-state index contributed by atoms with van der Waals surface area (Å²) in [6.07, 6.45) is 2.71. The minimum Gasteiger partial charge on any atom is -0.383 e. The third-order valence-corrected chi connectivity index (χ3v) is 3.35. The molecule has 18 heavy (non-hydrogen) atoms. The Morgan fingerprint density at radius 1 is 1.61 bits per heavy atom. The van der Waals surface area contributed by atoms with E-state index in [0.29, 0.717) is 6.61 Å². The fraction of sp³-hybridized carbons (Fsp3) is 0.727. The third kappa shape index (κ3) is 4.33. The molecule has 0 spiro atoms. The normalized spacial score (nSPS) is 13.2. The van der Waals surface area contributed by atoms with Crippen molar-refractivity contribution >= 4 is 15.9 Å². The molecule has 0 aliphatic rings. The first kappa shape index (κ1) is 15.6. The second kappa shape index (κ2) is 7.85. The van der Waals surface area contributed by atoms with Crippen LogP contribution in [0.5, 0.6) is 0 Å². The Hall–Kier alpha value is -0.470. The molecule has 1 unspecified atom stereocenters. The topological polar surface area (TPSA) is 68.3 Å². The van der Waals surface area contributed by atoms with Crippen LogP contribution in [-0.2, 0) is 11.3 Å². The van der Waals surface area contributed by atoms with E-state index < -0.39 is 0 Å². The van der Waals surface area contributed by atoms with Crippen molar-refractivity contribution in [2.45, 2.75) is 19.0 Å². The molecule has 1 rings (SSSR count). The van der Waals surface area contributed by atoms with Crippen molar-refractivity contribution in [3.8, 4) is 0 Å². The molecule has 0 aromatic carbocycles. The van der Waals surface area contributed by atoms with Gasteiger partial charge in [-0.1, -0.05) is 0 Å². The predicted octanol–water partition coefficient (Wildman–Crippen LogP) is 0.748. The van der Waals surface area contributed by atoms with Gasteiger partial charge in [0.15, 0.2) is 0 Å². The van der Waals surface area contributed by atoms with Gasteiger partial charge in [-0.2, -0.15) is 5.10 Å². The highest BCUT2D eigenvalue weighted by Gasteiger charge is 2.19. The van der Waals surface area contributed by atoms with Crippen molar-refractivity contribution in [2.24, 2.45) is 5.84 Å². The number of hydrazine groups is 1. The SMILES string of the molecule is COCCn1ncc(Br)c1C(CCN(C)C)NN. The van der Waals surface area contributed by atoms with E-state index in [1.165, 1.54) is 0 Å². The standard InChI is InChI=1S/C11H22BrN5O/c1-16(2)5-4-10(15-13)11-9(12)8-14-17(11)6-7-18-3/h8,10,15H,4-7,13H2,1-3H3. The molecule has 104 valence electrons. The highest BCUT2D eigenvalue weighted by Crippen LogP contribution is 2.25. The molecule has 0 bridgehead atoms. The number of methoxy groups -OCH3 is 1. The van der Waals surface area contributed by atoms with Gasteiger partial charge in [0.05, 0.1) is 35.6 Å². The van der Waals surface area contributed by atoms with Crippen molar-refractivity contribution in [3.63, 3.8) is 0 Å². The smallest absolute Gasteiger partial charge is 0.0710 e. The number of ether oxygens (including phenoxy) is 1. The number of hydrogen-bond donors (Lipinski definition) is 2. The summed E-state index contributed by atoms with van der Waals surface area (Å²) < 4.78 is 7.98. The molecule has 0 saturated heterocycles. The molecule has 0 aliphatic carbocycles. The molecule has 0 radical (unpaired) electrons. The zero-order valence-corrected chi connectivity index (χ0v) is 12.8. The first-order valence-electron chi connectivity index (χ1n) is 5.91. The van der Waals surface area contributed by atoms with Crippen molar-refractivity contribution in [2.75, 3.05) is 34.4 Å². The Labute approximate surface area is 117 Å². The summed E-state index contributed by atoms with van der Waals surface area (Å²) in [5.74, 6) is 5.65. The van der Waals surface area contributed by atoms with Gasteiger partial charge in [-0.3, -0.25) is 16.0 Å². The zero-order chi connectivity index (χ0) is 13.5. The van der Waals surface area contributed by atoms with E-state index in [2.05, 4.69) is 31.4 Å². The maximum atomic E-state index is 5.65. The Kier molecular flexibility index (Phi) is 6.80. The van der Waals surface area contributed by atoms with E-state index in [-0.39, 0.29) is 6.04 Å². The van der Waals surface area contributed by atoms with Crippen LogP contribution in [0.2, 0.25) is 0 Å². The lowest BCUT2D eigenvalue weighted by atomic mass is 10.1. The highest BCUT2D eigenvalue weighted by atomic mass is 79.9. The lowest BCUT2D eigenvalue weighted by molar-refractivity contribution is 0.181. The van der Waals surface area contributed by atoms with E-state index in [1.807, 2.05) is 18.8 Å². The molecule has 7 heteroatoms. The fourth-order valence-electron chi connectivity index (χ4n) is 1.76. The van der Waals surface area contributed by atoms with Crippen LogP contribution in [0, 0.1) is 0 Å². The van der Waals surface area contributed by atoms with Crippen LogP contribution in [0.4, 0.5) is 0 Å². The zero-order valence-electron chi connectivity index (χ0n) is 11.2. The molecule has 1 aromatic rings. The largest absolute Gasteiger partial charge is 0.383 e. The van der Waals surface area contributed by atoms with Crippen LogP contribution in [0.25, 0.3) is 0 Å². The number of rotatable bonds is 8. The maximum Gasteiger partial charge on any atom is 0.0710 e. The van der Waals surface area contributed by atoms with Crippen LogP contribution >= 0.6 is 15.9 Å². The summed E-state index contributed by atoms with van der Waals surface area (Å²) in [4.78, 5) is 2.13. The molecule has 0 saturated carbocycles. The number of nitrogens with one attached hydrogen (secondary N) is 1. The van der Waals surface area contributed by atoms with E-state index in [0.717, 1.165) is 29.7 Å². The maximum absolute atomic E-state index is 5.65. The summed E-state index contributed by atoms with van der Waals surface area (Å²) in [5, 5.41) is 4.33. The van der Waals surface area contributed by atoms with Crippen molar-refractivity contribution in [3.05, 3.63) is 16.4 Å². The van der Waals surface area contributed by atoms with Crippen molar-refractivity contribution < 1.29 is 4.74 Å². The van der Waals surface area contributed by atoms with Crippen LogP contribution in [-0.4, -0.2) is 49.0 Å². The number of aromatic nitrogens is 2. The van der Waals surface area contributed by atoms with E-state index in [4.69, 9.17) is 10.6 Å². The Balaban J connectivity index is 2.79. The quantitative estimate of drug-likeness (QED) is 0.546. The summed E-state index contributed by atoms with van der Waals surface area (Å²) in [7, 11) is 5.78. The van der Waals surface area contributed by atoms with Gasteiger partial charge in [0.25, 0.3) is 0 Å². The molecular formula is C11H22BrN5O. The summed E-state index contributed by atoms with van der Waals surface area (Å²) in [6.45, 7) is 2.31. The van der Waals surface area contributed by atoms with E-state index >= 15 is 0 Å². The van der Waals surface area contributed by atoms with Crippen LogP contribution in [0.15, 0.2) is 10.7 Å². The summed E-state index contributed by atoms with van der Waals surface area (Å²) >= 11 is 3.52. The minimum absolute atomic E-state index is 0.0705. The van der Waals surface area contributed by atoms with Crippen molar-refractivity contribution in [1.29, 1.82) is 0 Å². The summed E-state index contributed by atoms with van der Waals surface area (Å²) in [5.41, 5.74) is 3.93. The molecular weight excluding hydrogens is 298 g/mol. The van der Waals surface area contributed by atoms with E-state index in [1.54, 1.807) is 13.3 Å². The van der Waals surface area contributed by atoms with Gasteiger partial charge >= 0.3 is 0 Å². The van der Waals surface area contributed by atoms with Gasteiger partial charge in [-0.25, -0.2) is 0 Å². The van der Waals surface area contributed by atoms with Crippen molar-refractivity contribution in [1.82, 2.24) is 20.1 Å². The third-order valence-electron chi connectivity index (χ3n) is 2.74. The summed E-state index contributed by atoms with van der Waals surface area (Å²) in [6, 6.07) is 0.0705. The Bertz CT molecular complexity index is 355. The lowest BCUT2D eigenvalue weighted by Gasteiger charge is -2.20. The van der Waals surface area contributed by atoms with Gasteiger partial charge in [-0.05, 0) is 43.0 Å². The molecule has 6 nitrogen and oxygen atoms in total. The molecule has 1 heterocycles. The molecule has 0 amide bonds. The average Bonchev–Trinajstić information content (AvgIpc) is 2.69. The fourth-order valence-corrected chi connectivity index (χ4v) is 2.33. The number of nitrogens with two attached hydrogens (primary N) is 1. The molecule has 0 aliphatic heterocycles. The van der Waals surface area contributed by atoms with Gasteiger partial charge in [0.1, 0.15) is 0 Å². The highest BCUT2D eigenvalue weighted by molar-refractivity contribution is 9.10. The second-order valence-corrected chi connectivity index (χ2v) is 5.26. The first-order chi connectivity index (χ1) is 8.60. The van der Waals surface area contributed by atoms with Gasteiger partial charge < -0.3 is 9.64 Å². The average molecular weight is 320 g/mol. The van der Waals surface area contributed by atoms with E-state index in [9.17, 15) is 0 Å². The number of hydrogen-bond acceptors (Lipinski definition) is 5. The molecule has 1 atom stereocenters. The molecule has 0 fully saturated rings. The van der Waals surface area contributed by atoms with Crippen LogP contribution in [0.3, 0.4) is 0 Å². The minimum atomic E-state index is 0.0705. The molecule has 1 aromatic heterocycles. The van der Waals surface area contributed by atoms with Crippen LogP contribution in [0.1, 0.15) is 18.2 Å². The molecule has 3 N–H and O–H groups in total. The van der Waals surface area contributed by atoms with Crippen LogP contribution < -0.4 is 11.3 Å². The van der Waals surface area contributed by atoms with Gasteiger partial charge in [0, 0.05) is 7.11 Å². The first-order valence-corrected chi connectivity index (χ1v) is 6.70. The number of nitrogens with zero attached hydrogens (tertiary/aromatic N) is 3. The number of halogens is 1. The second-order valence-electron chi connectivity index (χ2n) is 4.40. The monoisotopic (exact) mass is 319 g/mol. The predicted molar refractivity (Wildman–Crippen MR) is 75.0 cm³/mol. The van der Waals surface area contributed by atoms with Gasteiger partial charge in [-0.15, -0.1) is 0 Å². The Morgan fingerprint density at radius 3 is 2.89 bits per heavy atom.